The molecule has 0 aliphatic heterocycles. The molecule has 20 heavy (non-hydrogen) atoms. The maximum absolute atomic E-state index is 3.90. The number of nitrogens with one attached hydrogen (secondary N) is 1. The first-order valence-corrected chi connectivity index (χ1v) is 8.52. The zero-order valence-electron chi connectivity index (χ0n) is 13.1. The van der Waals surface area contributed by atoms with Gasteiger partial charge in [0.1, 0.15) is 0 Å². The van der Waals surface area contributed by atoms with Crippen LogP contribution in [0.1, 0.15) is 62.6 Å². The standard InChI is InChI=1S/C19H29N/c1-14-3-7-16(8-4-14)13-20-19(18-11-12-18)17-9-5-15(2)6-10-17/h5-6,9-10,14,16,18-20H,3-4,7-8,11-13H2,1-2H3. The van der Waals surface area contributed by atoms with E-state index in [-0.39, 0.29) is 0 Å². The van der Waals surface area contributed by atoms with Gasteiger partial charge in [0.25, 0.3) is 0 Å². The zero-order valence-corrected chi connectivity index (χ0v) is 13.1. The van der Waals surface area contributed by atoms with E-state index in [0.717, 1.165) is 17.8 Å². The van der Waals surface area contributed by atoms with E-state index in [1.54, 1.807) is 0 Å². The average Bonchev–Trinajstić information content (AvgIpc) is 3.28. The second kappa shape index (κ2) is 6.30. The van der Waals surface area contributed by atoms with Crippen LogP contribution in [0.2, 0.25) is 0 Å². The average molecular weight is 271 g/mol. The number of hydrogen-bond acceptors (Lipinski definition) is 1. The molecule has 0 radical (unpaired) electrons. The monoisotopic (exact) mass is 271 g/mol. The van der Waals surface area contributed by atoms with Crippen LogP contribution in [0.3, 0.4) is 0 Å². The van der Waals surface area contributed by atoms with Gasteiger partial charge in [-0.05, 0) is 62.5 Å². The first-order chi connectivity index (χ1) is 9.72. The van der Waals surface area contributed by atoms with Crippen LogP contribution in [0.4, 0.5) is 0 Å². The minimum atomic E-state index is 0.606. The van der Waals surface area contributed by atoms with E-state index in [2.05, 4.69) is 43.4 Å². The first-order valence-electron chi connectivity index (χ1n) is 8.52. The van der Waals surface area contributed by atoms with E-state index in [9.17, 15) is 0 Å². The molecule has 1 heteroatoms. The molecule has 0 amide bonds. The van der Waals surface area contributed by atoms with Gasteiger partial charge in [-0.3, -0.25) is 0 Å². The highest BCUT2D eigenvalue weighted by Crippen LogP contribution is 2.41. The third-order valence-corrected chi connectivity index (χ3v) is 5.29. The van der Waals surface area contributed by atoms with Crippen molar-refractivity contribution in [1.82, 2.24) is 5.32 Å². The third-order valence-electron chi connectivity index (χ3n) is 5.29. The van der Waals surface area contributed by atoms with Gasteiger partial charge in [0.2, 0.25) is 0 Å². The normalized spacial score (nSPS) is 28.3. The van der Waals surface area contributed by atoms with Crippen molar-refractivity contribution in [1.29, 1.82) is 0 Å². The van der Waals surface area contributed by atoms with Crippen LogP contribution < -0.4 is 5.32 Å². The van der Waals surface area contributed by atoms with Crippen LogP contribution in [0.15, 0.2) is 24.3 Å². The molecule has 0 spiro atoms. The summed E-state index contributed by atoms with van der Waals surface area (Å²) in [5.74, 6) is 2.76. The lowest BCUT2D eigenvalue weighted by Gasteiger charge is -2.28. The Morgan fingerprint density at radius 3 is 2.25 bits per heavy atom. The Hall–Kier alpha value is -0.820. The van der Waals surface area contributed by atoms with Gasteiger partial charge in [-0.15, -0.1) is 0 Å². The minimum absolute atomic E-state index is 0.606. The molecule has 2 saturated carbocycles. The molecular weight excluding hydrogens is 242 g/mol. The van der Waals surface area contributed by atoms with Gasteiger partial charge in [-0.25, -0.2) is 0 Å². The quantitative estimate of drug-likeness (QED) is 0.806. The highest BCUT2D eigenvalue weighted by molar-refractivity contribution is 5.25. The van der Waals surface area contributed by atoms with Gasteiger partial charge in [-0.1, -0.05) is 49.6 Å². The van der Waals surface area contributed by atoms with E-state index in [0.29, 0.717) is 6.04 Å². The van der Waals surface area contributed by atoms with Gasteiger partial charge in [0.05, 0.1) is 0 Å². The molecule has 0 aromatic heterocycles. The van der Waals surface area contributed by atoms with E-state index >= 15 is 0 Å². The molecule has 0 bridgehead atoms. The van der Waals surface area contributed by atoms with Crippen molar-refractivity contribution in [2.24, 2.45) is 17.8 Å². The van der Waals surface area contributed by atoms with E-state index in [1.807, 2.05) is 0 Å². The molecule has 2 aliphatic carbocycles. The molecule has 2 fully saturated rings. The van der Waals surface area contributed by atoms with Gasteiger partial charge in [0.15, 0.2) is 0 Å². The number of aryl methyl sites for hydroxylation is 1. The zero-order chi connectivity index (χ0) is 13.9. The predicted octanol–water partition coefficient (Wildman–Crippen LogP) is 4.86. The predicted molar refractivity (Wildman–Crippen MR) is 85.8 cm³/mol. The maximum atomic E-state index is 3.90. The van der Waals surface area contributed by atoms with Crippen molar-refractivity contribution in [3.63, 3.8) is 0 Å². The highest BCUT2D eigenvalue weighted by Gasteiger charge is 2.32. The smallest absolute Gasteiger partial charge is 0.0348 e. The summed E-state index contributed by atoms with van der Waals surface area (Å²) in [6.07, 6.45) is 8.55. The molecule has 110 valence electrons. The second-order valence-corrected chi connectivity index (χ2v) is 7.26. The number of benzene rings is 1. The molecule has 0 saturated heterocycles. The number of hydrogen-bond donors (Lipinski definition) is 1. The fourth-order valence-electron chi connectivity index (χ4n) is 3.59. The molecule has 1 atom stereocenters. The summed E-state index contributed by atoms with van der Waals surface area (Å²) in [6, 6.07) is 9.78. The summed E-state index contributed by atoms with van der Waals surface area (Å²) in [6.45, 7) is 5.80. The van der Waals surface area contributed by atoms with Gasteiger partial charge >= 0.3 is 0 Å². The van der Waals surface area contributed by atoms with Crippen molar-refractivity contribution in [3.8, 4) is 0 Å². The summed E-state index contributed by atoms with van der Waals surface area (Å²) in [4.78, 5) is 0. The van der Waals surface area contributed by atoms with Crippen LogP contribution in [-0.2, 0) is 0 Å². The highest BCUT2D eigenvalue weighted by atomic mass is 14.9. The Balaban J connectivity index is 1.56. The minimum Gasteiger partial charge on any atom is -0.309 e. The van der Waals surface area contributed by atoms with Crippen LogP contribution in [0, 0.1) is 24.7 Å². The topological polar surface area (TPSA) is 12.0 Å². The molecule has 0 heterocycles. The third kappa shape index (κ3) is 3.63. The Labute approximate surface area is 124 Å². The molecule has 1 aromatic rings. The van der Waals surface area contributed by atoms with Crippen molar-refractivity contribution >= 4 is 0 Å². The molecule has 1 N–H and O–H groups in total. The molecule has 3 rings (SSSR count). The summed E-state index contributed by atoms with van der Waals surface area (Å²) in [5, 5.41) is 3.90. The molecule has 1 unspecified atom stereocenters. The van der Waals surface area contributed by atoms with Crippen LogP contribution in [0.5, 0.6) is 0 Å². The van der Waals surface area contributed by atoms with Gasteiger partial charge < -0.3 is 5.32 Å². The number of rotatable bonds is 5. The van der Waals surface area contributed by atoms with Crippen LogP contribution in [-0.4, -0.2) is 6.54 Å². The summed E-state index contributed by atoms with van der Waals surface area (Å²) in [5.41, 5.74) is 2.87. The Morgan fingerprint density at radius 1 is 1.00 bits per heavy atom. The van der Waals surface area contributed by atoms with E-state index < -0.39 is 0 Å². The summed E-state index contributed by atoms with van der Waals surface area (Å²) >= 11 is 0. The van der Waals surface area contributed by atoms with Crippen molar-refractivity contribution in [3.05, 3.63) is 35.4 Å². The lowest BCUT2D eigenvalue weighted by Crippen LogP contribution is -2.30. The van der Waals surface area contributed by atoms with Crippen molar-refractivity contribution in [2.75, 3.05) is 6.54 Å². The van der Waals surface area contributed by atoms with Crippen molar-refractivity contribution in [2.45, 2.75) is 58.4 Å². The first kappa shape index (κ1) is 14.1. The summed E-state index contributed by atoms with van der Waals surface area (Å²) in [7, 11) is 0. The van der Waals surface area contributed by atoms with Crippen LogP contribution in [0.25, 0.3) is 0 Å². The Kier molecular flexibility index (Phi) is 4.45. The van der Waals surface area contributed by atoms with E-state index in [4.69, 9.17) is 0 Å². The van der Waals surface area contributed by atoms with Crippen LogP contribution >= 0.6 is 0 Å². The second-order valence-electron chi connectivity index (χ2n) is 7.26. The lowest BCUT2D eigenvalue weighted by atomic mass is 9.83. The van der Waals surface area contributed by atoms with E-state index in [1.165, 1.54) is 56.2 Å². The van der Waals surface area contributed by atoms with Crippen molar-refractivity contribution < 1.29 is 0 Å². The largest absolute Gasteiger partial charge is 0.309 e. The van der Waals surface area contributed by atoms with Gasteiger partial charge in [-0.2, -0.15) is 0 Å². The molecule has 1 aromatic carbocycles. The Bertz CT molecular complexity index is 410. The molecule has 1 nitrogen and oxygen atoms in total. The summed E-state index contributed by atoms with van der Waals surface area (Å²) < 4.78 is 0. The lowest BCUT2D eigenvalue weighted by molar-refractivity contribution is 0.270. The Morgan fingerprint density at radius 2 is 1.65 bits per heavy atom. The van der Waals surface area contributed by atoms with Gasteiger partial charge in [0, 0.05) is 6.04 Å². The fourth-order valence-corrected chi connectivity index (χ4v) is 3.59. The SMILES string of the molecule is Cc1ccc(C(NCC2CCC(C)CC2)C2CC2)cc1. The molecular formula is C19H29N. The molecule has 2 aliphatic rings. The maximum Gasteiger partial charge on any atom is 0.0348 e. The fraction of sp³-hybridized carbons (Fsp3) is 0.684.